The monoisotopic (exact) mass is 594 g/mol. The standard InChI is InChI=1S/C43H77/c1-3-8-17-27-37(28-18-9-4-1)41-35-25-12-5-2-6-13-26-36-42(38-29-19-16-20-30-38)43(41,40-33-23-14-15-24-34-40)39-31-21-10-7-11-22-32-39/h37-40,42H,1-36H2. The molecule has 0 heterocycles. The molecular formula is C43H77. The Hall–Kier alpha value is 0. The molecule has 0 aliphatic heterocycles. The van der Waals surface area contributed by atoms with Crippen LogP contribution in [0.5, 0.6) is 0 Å². The molecule has 5 aliphatic rings. The van der Waals surface area contributed by atoms with Crippen molar-refractivity contribution in [2.75, 3.05) is 0 Å². The van der Waals surface area contributed by atoms with E-state index in [1.807, 2.05) is 0 Å². The van der Waals surface area contributed by atoms with E-state index >= 15 is 0 Å². The lowest BCUT2D eigenvalue weighted by atomic mass is 9.43. The fourth-order valence-electron chi connectivity index (χ4n) is 12.3. The summed E-state index contributed by atoms with van der Waals surface area (Å²) in [6.45, 7) is 0. The second-order valence-corrected chi connectivity index (χ2v) is 17.0. The zero-order chi connectivity index (χ0) is 29.4. The van der Waals surface area contributed by atoms with Gasteiger partial charge in [0, 0.05) is 0 Å². The quantitative estimate of drug-likeness (QED) is 0.284. The van der Waals surface area contributed by atoms with Gasteiger partial charge < -0.3 is 0 Å². The van der Waals surface area contributed by atoms with Crippen molar-refractivity contribution in [2.45, 2.75) is 231 Å². The van der Waals surface area contributed by atoms with Gasteiger partial charge in [-0.15, -0.1) is 0 Å². The maximum atomic E-state index is 2.29. The van der Waals surface area contributed by atoms with Crippen molar-refractivity contribution in [1.82, 2.24) is 0 Å². The molecule has 1 radical (unpaired) electrons. The Balaban J connectivity index is 1.64. The fraction of sp³-hybridized carbons (Fsp3) is 0.977. The first-order valence-electron chi connectivity index (χ1n) is 21.3. The normalized spacial score (nSPS) is 33.3. The predicted molar refractivity (Wildman–Crippen MR) is 189 cm³/mol. The predicted octanol–water partition coefficient (Wildman–Crippen LogP) is 14.7. The Morgan fingerprint density at radius 1 is 0.302 bits per heavy atom. The summed E-state index contributed by atoms with van der Waals surface area (Å²) in [4.78, 5) is 0. The van der Waals surface area contributed by atoms with E-state index in [9.17, 15) is 0 Å². The van der Waals surface area contributed by atoms with E-state index in [0.29, 0.717) is 5.41 Å². The van der Waals surface area contributed by atoms with Gasteiger partial charge in [-0.3, -0.25) is 0 Å². The van der Waals surface area contributed by atoms with Crippen LogP contribution < -0.4 is 0 Å². The van der Waals surface area contributed by atoms with Crippen molar-refractivity contribution in [3.63, 3.8) is 0 Å². The number of hydrogen-bond acceptors (Lipinski definition) is 0. The van der Waals surface area contributed by atoms with E-state index in [2.05, 4.69) is 5.92 Å². The Bertz CT molecular complexity index is 677. The average Bonchev–Trinajstić information content (AvgIpc) is 3.31. The average molecular weight is 594 g/mol. The molecule has 0 aromatic carbocycles. The maximum Gasteiger partial charge on any atom is -0.0140 e. The lowest BCUT2D eigenvalue weighted by Crippen LogP contribution is -2.54. The van der Waals surface area contributed by atoms with Gasteiger partial charge in [0.25, 0.3) is 0 Å². The Kier molecular flexibility index (Phi) is 15.7. The summed E-state index contributed by atoms with van der Waals surface area (Å²) < 4.78 is 0. The van der Waals surface area contributed by atoms with E-state index in [1.54, 1.807) is 109 Å². The second-order valence-electron chi connectivity index (χ2n) is 17.0. The fourth-order valence-corrected chi connectivity index (χ4v) is 12.3. The van der Waals surface area contributed by atoms with Crippen LogP contribution in [0.4, 0.5) is 0 Å². The molecule has 0 spiro atoms. The third-order valence-electron chi connectivity index (χ3n) is 14.3. The maximum absolute atomic E-state index is 2.29. The van der Waals surface area contributed by atoms with Crippen LogP contribution in [0, 0.1) is 40.9 Å². The van der Waals surface area contributed by atoms with Gasteiger partial charge in [-0.05, 0) is 92.3 Å². The van der Waals surface area contributed by atoms with E-state index in [0.717, 1.165) is 29.6 Å². The molecule has 5 saturated carbocycles. The van der Waals surface area contributed by atoms with E-state index < -0.39 is 0 Å². The summed E-state index contributed by atoms with van der Waals surface area (Å²) in [5, 5.41) is 0. The van der Waals surface area contributed by atoms with Crippen molar-refractivity contribution in [1.29, 1.82) is 0 Å². The zero-order valence-corrected chi connectivity index (χ0v) is 29.3. The molecule has 0 N–H and O–H groups in total. The van der Waals surface area contributed by atoms with Crippen molar-refractivity contribution in [3.8, 4) is 0 Å². The molecule has 43 heavy (non-hydrogen) atoms. The van der Waals surface area contributed by atoms with Gasteiger partial charge in [-0.25, -0.2) is 0 Å². The van der Waals surface area contributed by atoms with Crippen molar-refractivity contribution >= 4 is 0 Å². The Labute approximate surface area is 271 Å². The summed E-state index contributed by atoms with van der Waals surface area (Å²) >= 11 is 0. The zero-order valence-electron chi connectivity index (χ0n) is 29.3. The molecule has 2 unspecified atom stereocenters. The van der Waals surface area contributed by atoms with E-state index in [-0.39, 0.29) is 0 Å². The highest BCUT2D eigenvalue weighted by atomic mass is 14.6. The van der Waals surface area contributed by atoms with E-state index in [4.69, 9.17) is 0 Å². The third-order valence-corrected chi connectivity index (χ3v) is 14.3. The minimum absolute atomic E-state index is 0.581. The molecule has 0 aromatic heterocycles. The first-order valence-corrected chi connectivity index (χ1v) is 21.3. The van der Waals surface area contributed by atoms with Crippen LogP contribution >= 0.6 is 0 Å². The summed E-state index contributed by atoms with van der Waals surface area (Å²) in [7, 11) is 0. The summed E-state index contributed by atoms with van der Waals surface area (Å²) in [5.74, 6) is 7.34. The molecule has 0 saturated heterocycles. The van der Waals surface area contributed by atoms with Gasteiger partial charge in [-0.1, -0.05) is 180 Å². The summed E-state index contributed by atoms with van der Waals surface area (Å²) in [6.07, 6.45) is 55.7. The largest absolute Gasteiger partial charge is 0.0533 e. The molecule has 5 aliphatic carbocycles. The summed E-state index contributed by atoms with van der Waals surface area (Å²) in [5.41, 5.74) is 0.581. The van der Waals surface area contributed by atoms with Crippen LogP contribution in [-0.4, -0.2) is 0 Å². The van der Waals surface area contributed by atoms with Gasteiger partial charge in [0.05, 0.1) is 0 Å². The summed E-state index contributed by atoms with van der Waals surface area (Å²) in [6, 6.07) is 0. The number of hydrogen-bond donors (Lipinski definition) is 0. The van der Waals surface area contributed by atoms with Gasteiger partial charge in [0.15, 0.2) is 0 Å². The SMILES string of the molecule is C1CCCCC([C]2CCCCCCCCCC(C3CCCCC3)C2(C2CCCCCCC2)C2CCCCCC2)CCCC1. The highest BCUT2D eigenvalue weighted by Crippen LogP contribution is 2.65. The molecular weight excluding hydrogens is 516 g/mol. The van der Waals surface area contributed by atoms with Crippen LogP contribution in [0.3, 0.4) is 0 Å². The van der Waals surface area contributed by atoms with Crippen LogP contribution in [-0.2, 0) is 0 Å². The van der Waals surface area contributed by atoms with Crippen LogP contribution in [0.1, 0.15) is 231 Å². The van der Waals surface area contributed by atoms with Crippen molar-refractivity contribution in [3.05, 3.63) is 5.92 Å². The van der Waals surface area contributed by atoms with Gasteiger partial charge in [-0.2, -0.15) is 0 Å². The molecule has 0 aromatic rings. The van der Waals surface area contributed by atoms with Crippen LogP contribution in [0.25, 0.3) is 0 Å². The minimum atomic E-state index is 0.581. The third kappa shape index (κ3) is 9.75. The van der Waals surface area contributed by atoms with Crippen molar-refractivity contribution in [2.24, 2.45) is 35.0 Å². The first-order chi connectivity index (χ1) is 21.4. The Morgan fingerprint density at radius 3 is 1.09 bits per heavy atom. The molecule has 0 amide bonds. The topological polar surface area (TPSA) is 0 Å². The molecule has 5 fully saturated rings. The molecule has 5 rings (SSSR count). The lowest BCUT2D eigenvalue weighted by molar-refractivity contribution is -0.0619. The lowest BCUT2D eigenvalue weighted by Gasteiger charge is -2.61. The molecule has 2 atom stereocenters. The highest BCUT2D eigenvalue weighted by Gasteiger charge is 2.57. The van der Waals surface area contributed by atoms with Crippen LogP contribution in [0.2, 0.25) is 0 Å². The smallest absolute Gasteiger partial charge is 0.0140 e. The first kappa shape index (κ1) is 34.3. The molecule has 249 valence electrons. The molecule has 0 nitrogen and oxygen atoms in total. The molecule has 0 bridgehead atoms. The Morgan fingerprint density at radius 2 is 0.628 bits per heavy atom. The molecule has 0 heteroatoms. The van der Waals surface area contributed by atoms with E-state index in [1.165, 1.54) is 122 Å². The van der Waals surface area contributed by atoms with Gasteiger partial charge in [0.2, 0.25) is 0 Å². The second kappa shape index (κ2) is 19.6. The van der Waals surface area contributed by atoms with Gasteiger partial charge in [0.1, 0.15) is 0 Å². The minimum Gasteiger partial charge on any atom is -0.0533 e. The van der Waals surface area contributed by atoms with Crippen LogP contribution in [0.15, 0.2) is 0 Å². The number of rotatable bonds is 4. The van der Waals surface area contributed by atoms with Crippen molar-refractivity contribution < 1.29 is 0 Å². The highest BCUT2D eigenvalue weighted by molar-refractivity contribution is 5.19. The van der Waals surface area contributed by atoms with Gasteiger partial charge >= 0.3 is 0 Å².